The number of hydrogen-bond donors (Lipinski definition) is 1. The first kappa shape index (κ1) is 16.5. The maximum Gasteiger partial charge on any atom is 0.256 e. The highest BCUT2D eigenvalue weighted by Gasteiger charge is 2.35. The standard InChI is InChI=1S/C19H19ClN2O2/c1-13-7-2-5-10-16(13)21-18(23)17-11-6-12-22(17)19(24)14-8-3-4-9-15(14)20/h2-5,7-10,17H,6,11-12H2,1H3,(H,21,23)/t17-/m0/s1. The average Bonchev–Trinajstić information content (AvgIpc) is 3.06. The van der Waals surface area contributed by atoms with Gasteiger partial charge in [-0.3, -0.25) is 9.59 Å². The van der Waals surface area contributed by atoms with Crippen molar-refractivity contribution in [3.05, 3.63) is 64.7 Å². The lowest BCUT2D eigenvalue weighted by atomic mass is 10.1. The van der Waals surface area contributed by atoms with Crippen LogP contribution in [0.1, 0.15) is 28.8 Å². The molecule has 1 saturated heterocycles. The van der Waals surface area contributed by atoms with Crippen LogP contribution in [-0.4, -0.2) is 29.3 Å². The predicted octanol–water partition coefficient (Wildman–Crippen LogP) is 3.89. The van der Waals surface area contributed by atoms with Crippen LogP contribution in [0.4, 0.5) is 5.69 Å². The van der Waals surface area contributed by atoms with Crippen LogP contribution < -0.4 is 5.32 Å². The van der Waals surface area contributed by atoms with Gasteiger partial charge in [0.15, 0.2) is 0 Å². The highest BCUT2D eigenvalue weighted by molar-refractivity contribution is 6.33. The Morgan fingerprint density at radius 2 is 1.83 bits per heavy atom. The second-order valence-electron chi connectivity index (χ2n) is 5.94. The molecule has 1 aliphatic heterocycles. The normalized spacial score (nSPS) is 16.9. The Bertz CT molecular complexity index is 775. The SMILES string of the molecule is Cc1ccccc1NC(=O)[C@@H]1CCCN1C(=O)c1ccccc1Cl. The zero-order chi connectivity index (χ0) is 17.1. The Balaban J connectivity index is 1.78. The molecule has 0 spiro atoms. The number of halogens is 1. The molecule has 0 bridgehead atoms. The summed E-state index contributed by atoms with van der Waals surface area (Å²) in [5.41, 5.74) is 2.21. The predicted molar refractivity (Wildman–Crippen MR) is 95.3 cm³/mol. The Morgan fingerprint density at radius 3 is 2.58 bits per heavy atom. The van der Waals surface area contributed by atoms with Crippen LogP contribution in [0.5, 0.6) is 0 Å². The number of rotatable bonds is 3. The molecule has 2 amide bonds. The maximum atomic E-state index is 12.8. The first-order valence-electron chi connectivity index (χ1n) is 8.00. The van der Waals surface area contributed by atoms with E-state index in [4.69, 9.17) is 11.6 Å². The lowest BCUT2D eigenvalue weighted by Crippen LogP contribution is -2.43. The second kappa shape index (κ2) is 7.05. The lowest BCUT2D eigenvalue weighted by Gasteiger charge is -2.24. The molecular formula is C19H19ClN2O2. The first-order valence-corrected chi connectivity index (χ1v) is 8.37. The fourth-order valence-electron chi connectivity index (χ4n) is 3.00. The van der Waals surface area contributed by atoms with Crippen molar-refractivity contribution in [2.45, 2.75) is 25.8 Å². The van der Waals surface area contributed by atoms with Gasteiger partial charge in [-0.05, 0) is 43.5 Å². The van der Waals surface area contributed by atoms with Gasteiger partial charge in [0.1, 0.15) is 6.04 Å². The summed E-state index contributed by atoms with van der Waals surface area (Å²) in [4.78, 5) is 27.0. The molecule has 1 N–H and O–H groups in total. The fourth-order valence-corrected chi connectivity index (χ4v) is 3.22. The van der Waals surface area contributed by atoms with E-state index in [0.29, 0.717) is 23.6 Å². The van der Waals surface area contributed by atoms with Gasteiger partial charge in [0, 0.05) is 12.2 Å². The average molecular weight is 343 g/mol. The molecule has 0 unspecified atom stereocenters. The number of para-hydroxylation sites is 1. The molecule has 2 aromatic carbocycles. The van der Waals surface area contributed by atoms with E-state index in [2.05, 4.69) is 5.32 Å². The van der Waals surface area contributed by atoms with Gasteiger partial charge in [0.2, 0.25) is 5.91 Å². The monoisotopic (exact) mass is 342 g/mol. The molecule has 24 heavy (non-hydrogen) atoms. The molecule has 1 fully saturated rings. The van der Waals surface area contributed by atoms with E-state index in [1.807, 2.05) is 31.2 Å². The van der Waals surface area contributed by atoms with E-state index in [1.165, 1.54) is 0 Å². The van der Waals surface area contributed by atoms with E-state index >= 15 is 0 Å². The number of anilines is 1. The Morgan fingerprint density at radius 1 is 1.12 bits per heavy atom. The summed E-state index contributed by atoms with van der Waals surface area (Å²) in [7, 11) is 0. The lowest BCUT2D eigenvalue weighted by molar-refractivity contribution is -0.119. The number of carbonyl (C=O) groups is 2. The first-order chi connectivity index (χ1) is 11.6. The van der Waals surface area contributed by atoms with Crippen LogP contribution >= 0.6 is 11.6 Å². The summed E-state index contributed by atoms with van der Waals surface area (Å²) < 4.78 is 0. The summed E-state index contributed by atoms with van der Waals surface area (Å²) in [5, 5.41) is 3.35. The topological polar surface area (TPSA) is 49.4 Å². The Labute approximate surface area is 146 Å². The van der Waals surface area contributed by atoms with Crippen LogP contribution in [0.3, 0.4) is 0 Å². The highest BCUT2D eigenvalue weighted by atomic mass is 35.5. The zero-order valence-corrected chi connectivity index (χ0v) is 14.2. The van der Waals surface area contributed by atoms with Crippen molar-refractivity contribution in [3.63, 3.8) is 0 Å². The van der Waals surface area contributed by atoms with Gasteiger partial charge in [-0.1, -0.05) is 41.9 Å². The van der Waals surface area contributed by atoms with E-state index in [0.717, 1.165) is 17.7 Å². The minimum Gasteiger partial charge on any atom is -0.327 e. The van der Waals surface area contributed by atoms with Crippen LogP contribution in [-0.2, 0) is 4.79 Å². The molecule has 3 rings (SSSR count). The van der Waals surface area contributed by atoms with Crippen molar-refractivity contribution in [1.29, 1.82) is 0 Å². The van der Waals surface area contributed by atoms with Crippen LogP contribution in [0, 0.1) is 6.92 Å². The molecule has 1 heterocycles. The minimum atomic E-state index is -0.464. The van der Waals surface area contributed by atoms with Gasteiger partial charge in [-0.2, -0.15) is 0 Å². The van der Waals surface area contributed by atoms with Crippen molar-refractivity contribution < 1.29 is 9.59 Å². The van der Waals surface area contributed by atoms with E-state index in [-0.39, 0.29) is 11.8 Å². The van der Waals surface area contributed by atoms with Crippen molar-refractivity contribution in [1.82, 2.24) is 4.90 Å². The summed E-state index contributed by atoms with van der Waals surface area (Å²) in [6.07, 6.45) is 1.47. The molecule has 4 nitrogen and oxygen atoms in total. The summed E-state index contributed by atoms with van der Waals surface area (Å²) in [6, 6.07) is 14.1. The number of amides is 2. The third-order valence-corrected chi connectivity index (χ3v) is 4.65. The number of hydrogen-bond acceptors (Lipinski definition) is 2. The smallest absolute Gasteiger partial charge is 0.256 e. The largest absolute Gasteiger partial charge is 0.327 e. The molecule has 1 atom stereocenters. The molecule has 0 radical (unpaired) electrons. The Hall–Kier alpha value is -2.33. The van der Waals surface area contributed by atoms with Crippen LogP contribution in [0.2, 0.25) is 5.02 Å². The molecule has 0 aromatic heterocycles. The van der Waals surface area contributed by atoms with E-state index in [9.17, 15) is 9.59 Å². The number of nitrogens with one attached hydrogen (secondary N) is 1. The van der Waals surface area contributed by atoms with Crippen molar-refractivity contribution >= 4 is 29.1 Å². The van der Waals surface area contributed by atoms with Gasteiger partial charge in [-0.15, -0.1) is 0 Å². The molecule has 124 valence electrons. The molecule has 5 heteroatoms. The maximum absolute atomic E-state index is 12.8. The van der Waals surface area contributed by atoms with E-state index < -0.39 is 6.04 Å². The third-order valence-electron chi connectivity index (χ3n) is 4.32. The van der Waals surface area contributed by atoms with E-state index in [1.54, 1.807) is 29.2 Å². The number of aryl methyl sites for hydroxylation is 1. The molecule has 1 aliphatic rings. The molecular weight excluding hydrogens is 324 g/mol. The Kier molecular flexibility index (Phi) is 4.86. The number of carbonyl (C=O) groups excluding carboxylic acids is 2. The van der Waals surface area contributed by atoms with Gasteiger partial charge in [0.05, 0.1) is 10.6 Å². The van der Waals surface area contributed by atoms with Crippen LogP contribution in [0.25, 0.3) is 0 Å². The van der Waals surface area contributed by atoms with Gasteiger partial charge in [0.25, 0.3) is 5.91 Å². The zero-order valence-electron chi connectivity index (χ0n) is 13.5. The molecule has 0 saturated carbocycles. The quantitative estimate of drug-likeness (QED) is 0.919. The molecule has 2 aromatic rings. The highest BCUT2D eigenvalue weighted by Crippen LogP contribution is 2.25. The number of likely N-dealkylation sites (tertiary alicyclic amines) is 1. The van der Waals surface area contributed by atoms with Crippen molar-refractivity contribution in [2.24, 2.45) is 0 Å². The fraction of sp³-hybridized carbons (Fsp3) is 0.263. The second-order valence-corrected chi connectivity index (χ2v) is 6.35. The molecule has 0 aliphatic carbocycles. The van der Waals surface area contributed by atoms with Gasteiger partial charge in [-0.25, -0.2) is 0 Å². The number of nitrogens with zero attached hydrogens (tertiary/aromatic N) is 1. The summed E-state index contributed by atoms with van der Waals surface area (Å²) in [6.45, 7) is 2.51. The number of benzene rings is 2. The van der Waals surface area contributed by atoms with Crippen LogP contribution in [0.15, 0.2) is 48.5 Å². The summed E-state index contributed by atoms with van der Waals surface area (Å²) >= 11 is 6.13. The van der Waals surface area contributed by atoms with Gasteiger partial charge >= 0.3 is 0 Å². The van der Waals surface area contributed by atoms with Crippen molar-refractivity contribution in [2.75, 3.05) is 11.9 Å². The van der Waals surface area contributed by atoms with Gasteiger partial charge < -0.3 is 10.2 Å². The third kappa shape index (κ3) is 3.29. The minimum absolute atomic E-state index is 0.151. The summed E-state index contributed by atoms with van der Waals surface area (Å²) in [5.74, 6) is -0.342. The van der Waals surface area contributed by atoms with Crippen molar-refractivity contribution in [3.8, 4) is 0 Å².